The second-order valence-corrected chi connectivity index (χ2v) is 13.8. The highest BCUT2D eigenvalue weighted by Gasteiger charge is 2.30. The number of aromatic nitrogens is 4. The molecule has 1 heterocycles. The first-order chi connectivity index (χ1) is 23.8. The molecule has 1 saturated carbocycles. The van der Waals surface area contributed by atoms with Crippen LogP contribution in [0, 0.1) is 18.8 Å². The predicted molar refractivity (Wildman–Crippen MR) is 187 cm³/mol. The largest absolute Gasteiger partial charge is 0.478 e. The van der Waals surface area contributed by atoms with E-state index in [-0.39, 0.29) is 35.6 Å². The summed E-state index contributed by atoms with van der Waals surface area (Å²) in [6.07, 6.45) is 2.60. The van der Waals surface area contributed by atoms with Gasteiger partial charge in [-0.25, -0.2) is 9.59 Å². The van der Waals surface area contributed by atoms with E-state index in [9.17, 15) is 24.3 Å². The molecule has 1 atom stereocenters. The number of hydrogen-bond donors (Lipinski definition) is 5. The smallest absolute Gasteiger partial charge is 0.407 e. The number of carbonyl (C=O) groups excluding carboxylic acids is 3. The summed E-state index contributed by atoms with van der Waals surface area (Å²) in [7, 11) is 0. The van der Waals surface area contributed by atoms with Gasteiger partial charge in [0.05, 0.1) is 5.56 Å². The number of ether oxygens (including phenoxy) is 1. The van der Waals surface area contributed by atoms with Crippen molar-refractivity contribution in [2.45, 2.75) is 71.4 Å². The maximum Gasteiger partial charge on any atom is 0.407 e. The van der Waals surface area contributed by atoms with Crippen LogP contribution >= 0.6 is 0 Å². The molecule has 0 aliphatic heterocycles. The molecule has 4 aromatic rings. The van der Waals surface area contributed by atoms with E-state index in [0.717, 1.165) is 40.7 Å². The minimum atomic E-state index is -0.994. The van der Waals surface area contributed by atoms with E-state index >= 15 is 0 Å². The number of aryl methyl sites for hydroxylation is 1. The third kappa shape index (κ3) is 9.97. The highest BCUT2D eigenvalue weighted by atomic mass is 16.6. The van der Waals surface area contributed by atoms with Gasteiger partial charge in [0.2, 0.25) is 17.6 Å². The Bertz CT molecular complexity index is 1790. The molecule has 0 radical (unpaired) electrons. The van der Waals surface area contributed by atoms with Crippen molar-refractivity contribution in [2.75, 3.05) is 11.9 Å². The van der Waals surface area contributed by atoms with Crippen LogP contribution in [0.25, 0.3) is 22.5 Å². The van der Waals surface area contributed by atoms with Gasteiger partial charge in [0.25, 0.3) is 0 Å². The average Bonchev–Trinajstić information content (AvgIpc) is 3.62. The van der Waals surface area contributed by atoms with Crippen LogP contribution in [0.15, 0.2) is 66.7 Å². The number of rotatable bonds is 11. The molecule has 1 fully saturated rings. The highest BCUT2D eigenvalue weighted by molar-refractivity contribution is 5.98. The van der Waals surface area contributed by atoms with E-state index in [1.807, 2.05) is 58.0 Å². The first-order valence-electron chi connectivity index (χ1n) is 16.7. The zero-order valence-corrected chi connectivity index (χ0v) is 28.7. The third-order valence-corrected chi connectivity index (χ3v) is 8.59. The standard InChI is InChI=1S/C37H43N7O6/c1-22-17-28(20-29(18-22)35(47)48)25-9-5-23(6-10-25)19-31(34(46)39-30-15-13-26(14-16-30)32-41-43-44-42-32)40-33(45)27-11-7-24(8-12-27)21-38-36(49)50-37(2,3)4/h5-6,9-10,13-18,20,24,27,31H,7-8,11-12,19,21H2,1-4H3,(H,38,49)(H,39,46)(H,40,45)(H,47,48)(H,41,42,43,44)/t24?,27?,31-/m0/s1. The fourth-order valence-electron chi connectivity index (χ4n) is 6.03. The van der Waals surface area contributed by atoms with Gasteiger partial charge in [0.1, 0.15) is 11.6 Å². The normalized spacial score (nSPS) is 16.6. The number of H-pyrrole nitrogens is 1. The summed E-state index contributed by atoms with van der Waals surface area (Å²) in [4.78, 5) is 50.9. The zero-order valence-electron chi connectivity index (χ0n) is 28.7. The lowest BCUT2D eigenvalue weighted by atomic mass is 9.81. The number of carboxylic acids is 1. The van der Waals surface area contributed by atoms with Crippen LogP contribution in [0.5, 0.6) is 0 Å². The first-order valence-corrected chi connectivity index (χ1v) is 16.7. The lowest BCUT2D eigenvalue weighted by molar-refractivity contribution is -0.130. The molecule has 5 N–H and O–H groups in total. The molecule has 0 bridgehead atoms. The summed E-state index contributed by atoms with van der Waals surface area (Å²) in [5.41, 5.74) is 4.18. The van der Waals surface area contributed by atoms with E-state index in [2.05, 4.69) is 36.6 Å². The number of benzene rings is 3. The molecule has 0 saturated heterocycles. The topological polar surface area (TPSA) is 188 Å². The first kappa shape index (κ1) is 35.7. The highest BCUT2D eigenvalue weighted by Crippen LogP contribution is 2.29. The van der Waals surface area contributed by atoms with Crippen molar-refractivity contribution in [3.05, 3.63) is 83.4 Å². The Hall–Kier alpha value is -5.59. The maximum atomic E-state index is 13.7. The molecular weight excluding hydrogens is 638 g/mol. The Kier molecular flexibility index (Phi) is 11.2. The molecule has 3 amide bonds. The molecule has 13 heteroatoms. The van der Waals surface area contributed by atoms with Gasteiger partial charge in [-0.3, -0.25) is 9.59 Å². The number of alkyl carbamates (subject to hydrolysis) is 1. The van der Waals surface area contributed by atoms with E-state index < -0.39 is 23.7 Å². The Morgan fingerprint density at radius 1 is 0.920 bits per heavy atom. The lowest BCUT2D eigenvalue weighted by Crippen LogP contribution is -2.48. The Labute approximate surface area is 290 Å². The van der Waals surface area contributed by atoms with Gasteiger partial charge < -0.3 is 25.8 Å². The molecule has 50 heavy (non-hydrogen) atoms. The Morgan fingerprint density at radius 2 is 1.60 bits per heavy atom. The van der Waals surface area contributed by atoms with E-state index in [1.165, 1.54) is 0 Å². The van der Waals surface area contributed by atoms with Crippen molar-refractivity contribution in [1.29, 1.82) is 0 Å². The van der Waals surface area contributed by atoms with Crippen LogP contribution in [0.2, 0.25) is 0 Å². The zero-order chi connectivity index (χ0) is 35.8. The molecule has 262 valence electrons. The summed E-state index contributed by atoms with van der Waals surface area (Å²) in [5.74, 6) is -1.14. The number of aromatic amines is 1. The van der Waals surface area contributed by atoms with Gasteiger partial charge in [-0.05, 0) is 123 Å². The average molecular weight is 682 g/mol. The molecule has 1 aromatic heterocycles. The predicted octanol–water partition coefficient (Wildman–Crippen LogP) is 5.54. The van der Waals surface area contributed by atoms with Crippen molar-refractivity contribution in [3.8, 4) is 22.5 Å². The van der Waals surface area contributed by atoms with Gasteiger partial charge in [0, 0.05) is 30.1 Å². The fourth-order valence-corrected chi connectivity index (χ4v) is 6.03. The third-order valence-electron chi connectivity index (χ3n) is 8.59. The molecule has 1 aliphatic rings. The Balaban J connectivity index is 1.25. The van der Waals surface area contributed by atoms with Gasteiger partial charge in [-0.1, -0.05) is 30.3 Å². The van der Waals surface area contributed by atoms with Crippen molar-refractivity contribution < 1.29 is 29.0 Å². The molecule has 1 aliphatic carbocycles. The lowest BCUT2D eigenvalue weighted by Gasteiger charge is -2.29. The number of nitrogens with one attached hydrogen (secondary N) is 4. The molecule has 0 unspecified atom stereocenters. The maximum absolute atomic E-state index is 13.7. The summed E-state index contributed by atoms with van der Waals surface area (Å²) in [6.45, 7) is 7.78. The number of hydrogen-bond acceptors (Lipinski definition) is 8. The summed E-state index contributed by atoms with van der Waals surface area (Å²) in [6, 6.07) is 18.8. The van der Waals surface area contributed by atoms with E-state index in [0.29, 0.717) is 30.9 Å². The second kappa shape index (κ2) is 15.7. The van der Waals surface area contributed by atoms with Crippen molar-refractivity contribution in [2.24, 2.45) is 11.8 Å². The van der Waals surface area contributed by atoms with Gasteiger partial charge >= 0.3 is 12.1 Å². The quantitative estimate of drug-likeness (QED) is 0.135. The van der Waals surface area contributed by atoms with Crippen LogP contribution in [-0.4, -0.2) is 67.8 Å². The summed E-state index contributed by atoms with van der Waals surface area (Å²) >= 11 is 0. The van der Waals surface area contributed by atoms with Gasteiger partial charge in [0.15, 0.2) is 0 Å². The van der Waals surface area contributed by atoms with Crippen molar-refractivity contribution >= 4 is 29.6 Å². The minimum Gasteiger partial charge on any atom is -0.478 e. The summed E-state index contributed by atoms with van der Waals surface area (Å²) in [5, 5.41) is 32.2. The van der Waals surface area contributed by atoms with E-state index in [4.69, 9.17) is 4.74 Å². The van der Waals surface area contributed by atoms with Crippen LogP contribution in [0.3, 0.4) is 0 Å². The monoisotopic (exact) mass is 681 g/mol. The number of amides is 3. The number of carbonyl (C=O) groups is 4. The minimum absolute atomic E-state index is 0.186. The SMILES string of the molecule is Cc1cc(C(=O)O)cc(-c2ccc(C[C@H](NC(=O)C3CCC(CNC(=O)OC(C)(C)C)CC3)C(=O)Nc3ccc(-c4nn[nH]n4)cc3)cc2)c1. The summed E-state index contributed by atoms with van der Waals surface area (Å²) < 4.78 is 5.33. The molecule has 5 rings (SSSR count). The molecular formula is C37H43N7O6. The number of anilines is 1. The molecule has 3 aromatic carbocycles. The van der Waals surface area contributed by atoms with Crippen LogP contribution in [0.4, 0.5) is 10.5 Å². The van der Waals surface area contributed by atoms with E-state index in [1.54, 1.807) is 36.4 Å². The number of tetrazole rings is 1. The fraction of sp³-hybridized carbons (Fsp3) is 0.378. The number of aromatic carboxylic acids is 1. The molecule has 0 spiro atoms. The van der Waals surface area contributed by atoms with Gasteiger partial charge in [-0.2, -0.15) is 5.21 Å². The second-order valence-electron chi connectivity index (χ2n) is 13.8. The number of carboxylic acid groups (broad SMARTS) is 1. The molecule has 13 nitrogen and oxygen atoms in total. The van der Waals surface area contributed by atoms with Crippen LogP contribution in [-0.2, 0) is 20.7 Å². The van der Waals surface area contributed by atoms with Crippen LogP contribution in [0.1, 0.15) is 67.9 Å². The van der Waals surface area contributed by atoms with Gasteiger partial charge in [-0.15, -0.1) is 10.2 Å². The Morgan fingerprint density at radius 3 is 2.22 bits per heavy atom. The van der Waals surface area contributed by atoms with Crippen LogP contribution < -0.4 is 16.0 Å². The number of nitrogens with zero attached hydrogens (tertiary/aromatic N) is 3. The van der Waals surface area contributed by atoms with Crippen molar-refractivity contribution in [1.82, 2.24) is 31.3 Å². The van der Waals surface area contributed by atoms with Crippen molar-refractivity contribution in [3.63, 3.8) is 0 Å².